The van der Waals surface area contributed by atoms with Gasteiger partial charge in [0.15, 0.2) is 0 Å². The molecule has 0 saturated carbocycles. The molecular weight excluding hydrogens is 184 g/mol. The van der Waals surface area contributed by atoms with Crippen molar-refractivity contribution in [3.05, 3.63) is 33.3 Å². The minimum atomic E-state index is 0.490. The van der Waals surface area contributed by atoms with Crippen molar-refractivity contribution in [3.63, 3.8) is 0 Å². The molecule has 0 saturated heterocycles. The summed E-state index contributed by atoms with van der Waals surface area (Å²) in [7, 11) is 0. The maximum Gasteiger partial charge on any atom is 0.0607 e. The van der Waals surface area contributed by atoms with E-state index in [1.807, 2.05) is 0 Å². The predicted octanol–water partition coefficient (Wildman–Crippen LogP) is 3.65. The molecule has 0 amide bonds. The van der Waals surface area contributed by atoms with Gasteiger partial charge in [-0.1, -0.05) is 34.8 Å². The Kier molecular flexibility index (Phi) is 2.23. The van der Waals surface area contributed by atoms with Gasteiger partial charge < -0.3 is 0 Å². The van der Waals surface area contributed by atoms with Crippen LogP contribution in [0.15, 0.2) is 18.2 Å². The predicted molar refractivity (Wildman–Crippen MR) is 41.5 cm³/mol. The highest BCUT2D eigenvalue weighted by Gasteiger charge is 1.94. The topological polar surface area (TPSA) is 0 Å². The molecule has 1 aromatic carbocycles. The highest BCUT2D eigenvalue weighted by atomic mass is 35.5. The molecule has 0 aliphatic heterocycles. The van der Waals surface area contributed by atoms with E-state index < -0.39 is 0 Å². The Morgan fingerprint density at radius 1 is 0.889 bits per heavy atom. The number of rotatable bonds is 0. The molecule has 0 aromatic heterocycles. The van der Waals surface area contributed by atoms with Crippen LogP contribution in [0.1, 0.15) is 0 Å². The fourth-order valence-corrected chi connectivity index (χ4v) is 0.997. The first kappa shape index (κ1) is 7.20. The van der Waals surface area contributed by atoms with Gasteiger partial charge in [-0.2, -0.15) is 0 Å². The zero-order valence-corrected chi connectivity index (χ0v) is 6.63. The summed E-state index contributed by atoms with van der Waals surface area (Å²) >= 11 is 16.8. The largest absolute Gasteiger partial charge is 0.0843 e. The van der Waals surface area contributed by atoms with Crippen LogP contribution < -0.4 is 0 Å². The monoisotopic (exact) mass is 186 g/mol. The van der Waals surface area contributed by atoms with Crippen LogP contribution in [0.5, 0.6) is 0 Å². The van der Waals surface area contributed by atoms with Crippen molar-refractivity contribution in [2.45, 2.75) is 0 Å². The molecule has 1 aromatic rings. The summed E-state index contributed by atoms with van der Waals surface area (Å²) in [6.07, 6.45) is 0. The molecule has 0 fully saturated rings. The van der Waals surface area contributed by atoms with Crippen LogP contribution in [0, 0.1) is 0 Å². The second-order valence-corrected chi connectivity index (χ2v) is 2.81. The molecule has 0 N–H and O–H groups in total. The van der Waals surface area contributed by atoms with Crippen LogP contribution in [-0.2, 0) is 0 Å². The average Bonchev–Trinajstić information content (AvgIpc) is 1.80. The highest BCUT2D eigenvalue weighted by Crippen LogP contribution is 2.24. The second kappa shape index (κ2) is 2.78. The van der Waals surface area contributed by atoms with Gasteiger partial charge in [-0.05, 0) is 18.2 Å². The van der Waals surface area contributed by atoms with Crippen LogP contribution in [0.3, 0.4) is 0 Å². The third-order valence-electron chi connectivity index (χ3n) is 0.882. The molecule has 48 valence electrons. The molecule has 0 heterocycles. The zero-order chi connectivity index (χ0) is 6.85. The van der Waals surface area contributed by atoms with Crippen LogP contribution in [0.2, 0.25) is 15.1 Å². The maximum absolute atomic E-state index is 5.60. The van der Waals surface area contributed by atoms with E-state index in [0.717, 1.165) is 0 Å². The minimum absolute atomic E-state index is 0.490. The Morgan fingerprint density at radius 2 is 1.56 bits per heavy atom. The van der Waals surface area contributed by atoms with Gasteiger partial charge >= 0.3 is 0 Å². The SMILES string of the molecule is Cl[13c]1[13cH][13cH][13c](Cl)[13c](Cl)[13cH]1. The first-order valence-electron chi connectivity index (χ1n) is 2.30. The third kappa shape index (κ3) is 1.75. The summed E-state index contributed by atoms with van der Waals surface area (Å²) < 4.78 is 0. The van der Waals surface area contributed by atoms with Crippen LogP contribution in [0.25, 0.3) is 0 Å². The number of hydrogen-bond donors (Lipinski definition) is 0. The number of benzene rings is 1. The standard InChI is InChI=1S/C6H3Cl3/c7-4-1-2-5(8)6(9)3-4/h1-3H/i1+1,2+1,3+1,4+1,5+1,6+1. The molecule has 1 rings (SSSR count). The summed E-state index contributed by atoms with van der Waals surface area (Å²) in [5.41, 5.74) is 0. The Balaban J connectivity index is 3.17. The lowest BCUT2D eigenvalue weighted by atomic mass is 11.4. The minimum Gasteiger partial charge on any atom is -0.0843 e. The fourth-order valence-electron chi connectivity index (χ4n) is 0.470. The summed E-state index contributed by atoms with van der Waals surface area (Å²) in [6, 6.07) is 4.95. The molecule has 0 nitrogen and oxygen atoms in total. The molecule has 0 radical (unpaired) electrons. The van der Waals surface area contributed by atoms with E-state index in [4.69, 9.17) is 34.8 Å². The third-order valence-corrected chi connectivity index (χ3v) is 1.86. The number of hydrogen-bond acceptors (Lipinski definition) is 0. The Morgan fingerprint density at radius 3 is 2.00 bits per heavy atom. The molecule has 0 aliphatic rings. The highest BCUT2D eigenvalue weighted by molar-refractivity contribution is 6.43. The van der Waals surface area contributed by atoms with E-state index in [2.05, 4.69) is 0 Å². The molecule has 3 heteroatoms. The molecule has 0 aliphatic carbocycles. The summed E-state index contributed by atoms with van der Waals surface area (Å²) in [4.78, 5) is 0. The van der Waals surface area contributed by atoms with Gasteiger partial charge in [0.25, 0.3) is 0 Å². The van der Waals surface area contributed by atoms with Gasteiger partial charge in [-0.3, -0.25) is 0 Å². The van der Waals surface area contributed by atoms with Crippen molar-refractivity contribution >= 4 is 34.8 Å². The van der Waals surface area contributed by atoms with Gasteiger partial charge in [0.2, 0.25) is 0 Å². The lowest BCUT2D eigenvalue weighted by Gasteiger charge is -1.92. The van der Waals surface area contributed by atoms with E-state index in [1.165, 1.54) is 0 Å². The normalized spacial score (nSPS) is 9.67. The van der Waals surface area contributed by atoms with Crippen molar-refractivity contribution in [3.8, 4) is 0 Å². The van der Waals surface area contributed by atoms with Crippen molar-refractivity contribution in [2.75, 3.05) is 0 Å². The maximum atomic E-state index is 5.60. The Hall–Kier alpha value is 0.0900. The lowest BCUT2D eigenvalue weighted by molar-refractivity contribution is 1.70. The summed E-state index contributed by atoms with van der Waals surface area (Å²) in [5, 5.41) is 1.62. The molecule has 0 spiro atoms. The van der Waals surface area contributed by atoms with Crippen molar-refractivity contribution in [1.82, 2.24) is 0 Å². The van der Waals surface area contributed by atoms with Gasteiger partial charge in [0.05, 0.1) is 10.0 Å². The summed E-state index contributed by atoms with van der Waals surface area (Å²) in [5.74, 6) is 0. The van der Waals surface area contributed by atoms with Crippen molar-refractivity contribution in [1.29, 1.82) is 0 Å². The van der Waals surface area contributed by atoms with E-state index >= 15 is 0 Å². The first-order valence-corrected chi connectivity index (χ1v) is 3.44. The Labute approximate surface area is 68.3 Å². The smallest absolute Gasteiger partial charge is 0.0607 e. The number of halogens is 3. The zero-order valence-electron chi connectivity index (χ0n) is 4.37. The van der Waals surface area contributed by atoms with E-state index in [9.17, 15) is 0 Å². The molecular formula is C6H3Cl3. The molecule has 9 heavy (non-hydrogen) atoms. The van der Waals surface area contributed by atoms with Crippen LogP contribution in [0.4, 0.5) is 0 Å². The fraction of sp³-hybridized carbons (Fsp3) is 0. The molecule has 0 bridgehead atoms. The first-order chi connectivity index (χ1) is 4.20. The lowest BCUT2D eigenvalue weighted by Crippen LogP contribution is -1.66. The van der Waals surface area contributed by atoms with Gasteiger partial charge in [0, 0.05) is 5.02 Å². The molecule has 0 unspecified atom stereocenters. The average molecular weight is 187 g/mol. The molecule has 0 atom stereocenters. The van der Waals surface area contributed by atoms with E-state index in [1.54, 1.807) is 18.2 Å². The van der Waals surface area contributed by atoms with Gasteiger partial charge in [-0.15, -0.1) is 0 Å². The van der Waals surface area contributed by atoms with Gasteiger partial charge in [-0.25, -0.2) is 0 Å². The van der Waals surface area contributed by atoms with E-state index in [0.29, 0.717) is 15.1 Å². The second-order valence-electron chi connectivity index (χ2n) is 1.56. The van der Waals surface area contributed by atoms with E-state index in [-0.39, 0.29) is 0 Å². The van der Waals surface area contributed by atoms with Gasteiger partial charge in [0.1, 0.15) is 0 Å². The van der Waals surface area contributed by atoms with Crippen molar-refractivity contribution in [2.24, 2.45) is 0 Å². The van der Waals surface area contributed by atoms with Crippen molar-refractivity contribution < 1.29 is 0 Å². The quantitative estimate of drug-likeness (QED) is 0.544. The van der Waals surface area contributed by atoms with Crippen LogP contribution >= 0.6 is 34.8 Å². The van der Waals surface area contributed by atoms with Crippen LogP contribution in [-0.4, -0.2) is 0 Å². The summed E-state index contributed by atoms with van der Waals surface area (Å²) in [6.45, 7) is 0. The Bertz CT molecular complexity index is 220.